The molecule has 6 nitrogen and oxygen atoms in total. The molecule has 0 aliphatic carbocycles. The van der Waals surface area contributed by atoms with Gasteiger partial charge in [-0.3, -0.25) is 4.79 Å². The van der Waals surface area contributed by atoms with E-state index >= 15 is 0 Å². The van der Waals surface area contributed by atoms with Crippen LogP contribution in [0, 0.1) is 0 Å². The Bertz CT molecular complexity index is 948. The van der Waals surface area contributed by atoms with Gasteiger partial charge in [0.05, 0.1) is 12.1 Å². The highest BCUT2D eigenvalue weighted by Gasteiger charge is 2.17. The van der Waals surface area contributed by atoms with Crippen molar-refractivity contribution in [2.75, 3.05) is 18.5 Å². The van der Waals surface area contributed by atoms with E-state index in [0.717, 1.165) is 42.4 Å². The van der Waals surface area contributed by atoms with Crippen molar-refractivity contribution in [3.63, 3.8) is 0 Å². The maximum Gasteiger partial charge on any atom is 0.269 e. The number of nitrogens with zero attached hydrogens (tertiary/aromatic N) is 2. The molecular formula is C20H22N4O2. The third-order valence-corrected chi connectivity index (χ3v) is 4.65. The number of para-hydroxylation sites is 1. The van der Waals surface area contributed by atoms with Crippen molar-refractivity contribution >= 4 is 10.9 Å². The molecule has 1 fully saturated rings. The predicted octanol–water partition coefficient (Wildman–Crippen LogP) is 2.27. The number of pyridine rings is 2. The van der Waals surface area contributed by atoms with Gasteiger partial charge in [0.1, 0.15) is 6.10 Å². The molecule has 2 aromatic heterocycles. The topological polar surface area (TPSA) is 68.2 Å². The third kappa shape index (κ3) is 3.55. The Labute approximate surface area is 151 Å². The van der Waals surface area contributed by atoms with Gasteiger partial charge in [-0.25, -0.2) is 9.66 Å². The molecule has 0 amide bonds. The molecule has 1 aromatic carbocycles. The maximum atomic E-state index is 12.3. The minimum atomic E-state index is -0.0894. The first kappa shape index (κ1) is 16.6. The van der Waals surface area contributed by atoms with E-state index in [1.54, 1.807) is 16.9 Å². The zero-order chi connectivity index (χ0) is 17.8. The van der Waals surface area contributed by atoms with Crippen LogP contribution in [0.1, 0.15) is 18.4 Å². The normalized spacial score (nSPS) is 15.1. The number of rotatable bonds is 5. The zero-order valence-electron chi connectivity index (χ0n) is 14.5. The highest BCUT2D eigenvalue weighted by molar-refractivity contribution is 5.78. The van der Waals surface area contributed by atoms with E-state index in [4.69, 9.17) is 4.74 Å². The Hall–Kier alpha value is -2.86. The summed E-state index contributed by atoms with van der Waals surface area (Å²) in [6.45, 7) is 2.40. The molecule has 2 N–H and O–H groups in total. The molecule has 134 valence electrons. The van der Waals surface area contributed by atoms with Gasteiger partial charge in [0.25, 0.3) is 5.56 Å². The Morgan fingerprint density at radius 3 is 2.85 bits per heavy atom. The second kappa shape index (κ2) is 7.58. The molecule has 0 spiro atoms. The number of hydrogen-bond acceptors (Lipinski definition) is 5. The van der Waals surface area contributed by atoms with E-state index in [1.807, 2.05) is 42.5 Å². The Kier molecular flexibility index (Phi) is 4.84. The summed E-state index contributed by atoms with van der Waals surface area (Å²) in [4.78, 5) is 16.7. The Morgan fingerprint density at radius 1 is 1.12 bits per heavy atom. The van der Waals surface area contributed by atoms with Gasteiger partial charge in [0.15, 0.2) is 0 Å². The van der Waals surface area contributed by atoms with Crippen LogP contribution in [0.5, 0.6) is 5.88 Å². The molecule has 0 saturated carbocycles. The molecule has 3 aromatic rings. The lowest BCUT2D eigenvalue weighted by Crippen LogP contribution is -2.34. The average Bonchev–Trinajstić information content (AvgIpc) is 2.69. The van der Waals surface area contributed by atoms with Crippen LogP contribution < -0.4 is 21.0 Å². The summed E-state index contributed by atoms with van der Waals surface area (Å²) in [6, 6.07) is 15.1. The van der Waals surface area contributed by atoms with Gasteiger partial charge >= 0.3 is 0 Å². The smallest absolute Gasteiger partial charge is 0.269 e. The number of benzene rings is 1. The van der Waals surface area contributed by atoms with E-state index in [2.05, 4.69) is 15.7 Å². The summed E-state index contributed by atoms with van der Waals surface area (Å²) in [6.07, 6.45) is 3.88. The first-order valence-electron chi connectivity index (χ1n) is 8.97. The van der Waals surface area contributed by atoms with Gasteiger partial charge < -0.3 is 15.5 Å². The lowest BCUT2D eigenvalue weighted by atomic mass is 10.1. The summed E-state index contributed by atoms with van der Waals surface area (Å²) >= 11 is 0. The van der Waals surface area contributed by atoms with Crippen LogP contribution >= 0.6 is 0 Å². The fourth-order valence-corrected chi connectivity index (χ4v) is 3.25. The SMILES string of the molecule is O=c1ccc2ccccc2n1NCc1cccnc1OC1CCNCC1. The quantitative estimate of drug-likeness (QED) is 0.739. The van der Waals surface area contributed by atoms with Crippen molar-refractivity contribution in [2.24, 2.45) is 0 Å². The van der Waals surface area contributed by atoms with E-state index in [9.17, 15) is 4.79 Å². The largest absolute Gasteiger partial charge is 0.474 e. The average molecular weight is 350 g/mol. The van der Waals surface area contributed by atoms with Crippen LogP contribution in [0.15, 0.2) is 59.5 Å². The molecule has 1 saturated heterocycles. The molecule has 0 unspecified atom stereocenters. The molecule has 6 heteroatoms. The summed E-state index contributed by atoms with van der Waals surface area (Å²) < 4.78 is 7.69. The van der Waals surface area contributed by atoms with Crippen LogP contribution in [-0.2, 0) is 6.54 Å². The number of ether oxygens (including phenoxy) is 1. The van der Waals surface area contributed by atoms with Crippen LogP contribution in [0.2, 0.25) is 0 Å². The Morgan fingerprint density at radius 2 is 1.96 bits per heavy atom. The second-order valence-corrected chi connectivity index (χ2v) is 6.44. The van der Waals surface area contributed by atoms with Gasteiger partial charge in [-0.1, -0.05) is 24.3 Å². The van der Waals surface area contributed by atoms with Crippen molar-refractivity contribution < 1.29 is 4.74 Å². The molecule has 3 heterocycles. The van der Waals surface area contributed by atoms with Gasteiger partial charge in [0.2, 0.25) is 5.88 Å². The highest BCUT2D eigenvalue weighted by atomic mass is 16.5. The van der Waals surface area contributed by atoms with Crippen molar-refractivity contribution in [3.8, 4) is 5.88 Å². The fraction of sp³-hybridized carbons (Fsp3) is 0.300. The van der Waals surface area contributed by atoms with Crippen molar-refractivity contribution in [3.05, 3.63) is 70.6 Å². The maximum absolute atomic E-state index is 12.3. The number of fused-ring (bicyclic) bond motifs is 1. The first-order chi connectivity index (χ1) is 12.8. The van der Waals surface area contributed by atoms with E-state index in [1.165, 1.54) is 0 Å². The van der Waals surface area contributed by atoms with Crippen LogP contribution in [0.4, 0.5) is 0 Å². The molecule has 0 atom stereocenters. The first-order valence-corrected chi connectivity index (χ1v) is 8.97. The molecule has 0 bridgehead atoms. The molecular weight excluding hydrogens is 328 g/mol. The number of hydrogen-bond donors (Lipinski definition) is 2. The predicted molar refractivity (Wildman–Crippen MR) is 102 cm³/mol. The van der Waals surface area contributed by atoms with Gasteiger partial charge in [0, 0.05) is 23.2 Å². The summed E-state index contributed by atoms with van der Waals surface area (Å²) in [5.74, 6) is 0.639. The molecule has 1 aliphatic rings. The van der Waals surface area contributed by atoms with Gasteiger partial charge in [-0.15, -0.1) is 0 Å². The monoisotopic (exact) mass is 350 g/mol. The summed E-state index contributed by atoms with van der Waals surface area (Å²) in [5, 5.41) is 4.35. The number of nitrogens with one attached hydrogen (secondary N) is 2. The highest BCUT2D eigenvalue weighted by Crippen LogP contribution is 2.19. The van der Waals surface area contributed by atoms with Crippen molar-refractivity contribution in [2.45, 2.75) is 25.5 Å². The lowest BCUT2D eigenvalue weighted by molar-refractivity contribution is 0.154. The van der Waals surface area contributed by atoms with Crippen LogP contribution in [0.25, 0.3) is 10.9 Å². The van der Waals surface area contributed by atoms with Gasteiger partial charge in [-0.05, 0) is 44.1 Å². The van der Waals surface area contributed by atoms with E-state index in [0.29, 0.717) is 12.4 Å². The third-order valence-electron chi connectivity index (χ3n) is 4.65. The zero-order valence-corrected chi connectivity index (χ0v) is 14.5. The summed E-state index contributed by atoms with van der Waals surface area (Å²) in [5.41, 5.74) is 4.92. The molecule has 0 radical (unpaired) electrons. The van der Waals surface area contributed by atoms with Crippen LogP contribution in [0.3, 0.4) is 0 Å². The molecule has 1 aliphatic heterocycles. The van der Waals surface area contributed by atoms with Crippen molar-refractivity contribution in [1.82, 2.24) is 15.0 Å². The number of aromatic nitrogens is 2. The second-order valence-electron chi connectivity index (χ2n) is 6.44. The van der Waals surface area contributed by atoms with E-state index < -0.39 is 0 Å². The standard InChI is InChI=1S/C20H22N4O2/c25-19-8-7-15-4-1-2-6-18(15)24(19)23-14-16-5-3-11-22-20(16)26-17-9-12-21-13-10-17/h1-8,11,17,21,23H,9-10,12-14H2. The molecule has 4 rings (SSSR count). The van der Waals surface area contributed by atoms with Crippen molar-refractivity contribution in [1.29, 1.82) is 0 Å². The van der Waals surface area contributed by atoms with E-state index in [-0.39, 0.29) is 11.7 Å². The minimum Gasteiger partial charge on any atom is -0.474 e. The van der Waals surface area contributed by atoms with Crippen LogP contribution in [-0.4, -0.2) is 28.9 Å². The minimum absolute atomic E-state index is 0.0894. The lowest BCUT2D eigenvalue weighted by Gasteiger charge is -2.24. The van der Waals surface area contributed by atoms with Gasteiger partial charge in [-0.2, -0.15) is 0 Å². The fourth-order valence-electron chi connectivity index (χ4n) is 3.25. The number of piperidine rings is 1. The Balaban J connectivity index is 1.55. The molecule has 26 heavy (non-hydrogen) atoms. The summed E-state index contributed by atoms with van der Waals surface area (Å²) in [7, 11) is 0.